The van der Waals surface area contributed by atoms with Crippen molar-refractivity contribution in [2.75, 3.05) is 19.8 Å². The number of hydrogen-bond donors (Lipinski definition) is 1. The summed E-state index contributed by atoms with van der Waals surface area (Å²) in [6.07, 6.45) is 2.58. The summed E-state index contributed by atoms with van der Waals surface area (Å²) in [6.45, 7) is 1.79. The maximum atomic E-state index is 12.2. The monoisotopic (exact) mass is 410 g/mol. The minimum Gasteiger partial charge on any atom is -0.494 e. The maximum Gasteiger partial charge on any atom is 0.334 e. The zero-order valence-corrected chi connectivity index (χ0v) is 17.0. The van der Waals surface area contributed by atoms with Crippen LogP contribution in [0.3, 0.4) is 0 Å². The number of esters is 2. The fourth-order valence-corrected chi connectivity index (χ4v) is 3.12. The highest BCUT2D eigenvalue weighted by molar-refractivity contribution is 5.96. The van der Waals surface area contributed by atoms with Crippen LogP contribution in [0, 0.1) is 6.92 Å². The third-order valence-corrected chi connectivity index (χ3v) is 4.82. The van der Waals surface area contributed by atoms with Gasteiger partial charge in [0, 0.05) is 18.4 Å². The molecule has 0 saturated carbocycles. The first-order valence-electron chi connectivity index (χ1n) is 9.95. The number of rotatable bonds is 9. The van der Waals surface area contributed by atoms with Crippen molar-refractivity contribution < 1.29 is 28.9 Å². The zero-order chi connectivity index (χ0) is 21.4. The smallest absolute Gasteiger partial charge is 0.334 e. The van der Waals surface area contributed by atoms with Crippen LogP contribution in [0.5, 0.6) is 5.75 Å². The van der Waals surface area contributed by atoms with Gasteiger partial charge in [-0.1, -0.05) is 48.0 Å². The first-order valence-corrected chi connectivity index (χ1v) is 9.95. The number of ether oxygens (including phenoxy) is 3. The molecule has 3 rings (SSSR count). The summed E-state index contributed by atoms with van der Waals surface area (Å²) in [5, 5.41) is 9.77. The van der Waals surface area contributed by atoms with Crippen LogP contribution in [0.2, 0.25) is 0 Å². The van der Waals surface area contributed by atoms with Crippen molar-refractivity contribution in [3.63, 3.8) is 0 Å². The predicted molar refractivity (Wildman–Crippen MR) is 112 cm³/mol. The molecular formula is C24H26O6. The number of hydrogen-bond acceptors (Lipinski definition) is 6. The number of aliphatic hydroxyl groups excluding tert-OH is 1. The molecule has 1 N–H and O–H groups in total. The Kier molecular flexibility index (Phi) is 7.25. The van der Waals surface area contributed by atoms with E-state index in [1.165, 1.54) is 0 Å². The number of aryl methyl sites for hydroxylation is 1. The second-order valence-electron chi connectivity index (χ2n) is 7.41. The van der Waals surface area contributed by atoms with E-state index in [1.54, 1.807) is 6.08 Å². The Balaban J connectivity index is 1.45. The molecule has 2 aromatic rings. The molecule has 0 aromatic heterocycles. The average Bonchev–Trinajstić information content (AvgIpc) is 3.07. The molecule has 6 nitrogen and oxygen atoms in total. The average molecular weight is 410 g/mol. The normalized spacial score (nSPS) is 19.5. The van der Waals surface area contributed by atoms with Crippen LogP contribution in [0.4, 0.5) is 0 Å². The van der Waals surface area contributed by atoms with E-state index in [-0.39, 0.29) is 19.4 Å². The number of aliphatic hydroxyl groups is 1. The highest BCUT2D eigenvalue weighted by Crippen LogP contribution is 2.32. The van der Waals surface area contributed by atoms with Crippen molar-refractivity contribution in [1.82, 2.24) is 0 Å². The van der Waals surface area contributed by atoms with Gasteiger partial charge in [0.1, 0.15) is 12.4 Å². The van der Waals surface area contributed by atoms with Crippen molar-refractivity contribution in [2.24, 2.45) is 0 Å². The van der Waals surface area contributed by atoms with Crippen molar-refractivity contribution in [3.8, 4) is 5.75 Å². The van der Waals surface area contributed by atoms with Gasteiger partial charge in [0.15, 0.2) is 5.60 Å². The van der Waals surface area contributed by atoms with Crippen LogP contribution in [0.15, 0.2) is 60.2 Å². The van der Waals surface area contributed by atoms with Gasteiger partial charge in [-0.3, -0.25) is 4.79 Å². The Hall–Kier alpha value is -3.12. The van der Waals surface area contributed by atoms with E-state index in [2.05, 4.69) is 0 Å². The minimum absolute atomic E-state index is 0.175. The van der Waals surface area contributed by atoms with E-state index >= 15 is 0 Å². The standard InChI is InChI=1S/C24H26O6/c1-18-9-11-21(12-10-18)28-13-5-8-22(26)29-17-24(16-25)15-20(23(27)30-24)14-19-6-3-2-4-7-19/h2-4,6-7,9-12,14,25H,5,8,13,15-17H2,1H3/b20-14+. The van der Waals surface area contributed by atoms with Gasteiger partial charge in [-0.05, 0) is 37.1 Å². The molecule has 1 heterocycles. The molecule has 0 radical (unpaired) electrons. The van der Waals surface area contributed by atoms with Crippen molar-refractivity contribution in [2.45, 2.75) is 31.8 Å². The molecule has 6 heteroatoms. The summed E-state index contributed by atoms with van der Waals surface area (Å²) >= 11 is 0. The topological polar surface area (TPSA) is 82.1 Å². The first kappa shape index (κ1) is 21.6. The molecule has 0 bridgehead atoms. The minimum atomic E-state index is -1.23. The Morgan fingerprint density at radius 1 is 1.17 bits per heavy atom. The Morgan fingerprint density at radius 2 is 1.90 bits per heavy atom. The van der Waals surface area contributed by atoms with Crippen LogP contribution in [0.1, 0.15) is 30.4 Å². The van der Waals surface area contributed by atoms with Gasteiger partial charge in [0.25, 0.3) is 0 Å². The fourth-order valence-electron chi connectivity index (χ4n) is 3.12. The third kappa shape index (κ3) is 5.94. The highest BCUT2D eigenvalue weighted by atomic mass is 16.6. The van der Waals surface area contributed by atoms with Crippen LogP contribution < -0.4 is 4.74 Å². The van der Waals surface area contributed by atoms with Gasteiger partial charge in [-0.2, -0.15) is 0 Å². The molecule has 1 saturated heterocycles. The van der Waals surface area contributed by atoms with E-state index in [1.807, 2.05) is 61.5 Å². The Labute approximate surface area is 176 Å². The summed E-state index contributed by atoms with van der Waals surface area (Å²) < 4.78 is 16.2. The van der Waals surface area contributed by atoms with Crippen LogP contribution in [-0.2, 0) is 19.1 Å². The van der Waals surface area contributed by atoms with Gasteiger partial charge in [0.05, 0.1) is 13.2 Å². The number of cyclic esters (lactones) is 1. The van der Waals surface area contributed by atoms with Gasteiger partial charge in [-0.25, -0.2) is 4.79 Å². The Bertz CT molecular complexity index is 888. The summed E-state index contributed by atoms with van der Waals surface area (Å²) in [5.41, 5.74) is 1.23. The molecule has 30 heavy (non-hydrogen) atoms. The molecule has 0 spiro atoms. The van der Waals surface area contributed by atoms with Crippen molar-refractivity contribution in [3.05, 3.63) is 71.3 Å². The van der Waals surface area contributed by atoms with Gasteiger partial charge >= 0.3 is 11.9 Å². The second-order valence-corrected chi connectivity index (χ2v) is 7.41. The zero-order valence-electron chi connectivity index (χ0n) is 17.0. The molecule has 1 unspecified atom stereocenters. The first-order chi connectivity index (χ1) is 14.5. The lowest BCUT2D eigenvalue weighted by atomic mass is 9.98. The van der Waals surface area contributed by atoms with Crippen LogP contribution >= 0.6 is 0 Å². The van der Waals surface area contributed by atoms with Crippen molar-refractivity contribution in [1.29, 1.82) is 0 Å². The second kappa shape index (κ2) is 10.1. The van der Waals surface area contributed by atoms with E-state index in [0.717, 1.165) is 16.9 Å². The lowest BCUT2D eigenvalue weighted by Gasteiger charge is -2.24. The maximum absolute atomic E-state index is 12.2. The molecule has 0 aliphatic carbocycles. The highest BCUT2D eigenvalue weighted by Gasteiger charge is 2.44. The SMILES string of the molecule is Cc1ccc(OCCCC(=O)OCC2(CO)C/C(=C\c3ccccc3)C(=O)O2)cc1. The molecule has 1 aliphatic rings. The van der Waals surface area contributed by atoms with Gasteiger partial charge in [-0.15, -0.1) is 0 Å². The summed E-state index contributed by atoms with van der Waals surface area (Å²) in [6, 6.07) is 17.1. The van der Waals surface area contributed by atoms with Gasteiger partial charge < -0.3 is 19.3 Å². The third-order valence-electron chi connectivity index (χ3n) is 4.82. The van der Waals surface area contributed by atoms with Crippen LogP contribution in [0.25, 0.3) is 6.08 Å². The number of benzene rings is 2. The number of carbonyl (C=O) groups excluding carboxylic acids is 2. The molecular weight excluding hydrogens is 384 g/mol. The van der Waals surface area contributed by atoms with E-state index < -0.39 is 24.1 Å². The Morgan fingerprint density at radius 3 is 2.60 bits per heavy atom. The van der Waals surface area contributed by atoms with Crippen molar-refractivity contribution >= 4 is 18.0 Å². The van der Waals surface area contributed by atoms with Gasteiger partial charge in [0.2, 0.25) is 0 Å². The molecule has 1 aliphatic heterocycles. The molecule has 1 atom stereocenters. The summed E-state index contributed by atoms with van der Waals surface area (Å²) in [5.74, 6) is -0.175. The molecule has 0 amide bonds. The molecule has 2 aromatic carbocycles. The fraction of sp³-hybridized carbons (Fsp3) is 0.333. The predicted octanol–water partition coefficient (Wildman–Crippen LogP) is 3.46. The molecule has 158 valence electrons. The molecule has 1 fully saturated rings. The lowest BCUT2D eigenvalue weighted by molar-refractivity contribution is -0.166. The van der Waals surface area contributed by atoms with E-state index in [4.69, 9.17) is 14.2 Å². The lowest BCUT2D eigenvalue weighted by Crippen LogP contribution is -2.39. The van der Waals surface area contributed by atoms with E-state index in [0.29, 0.717) is 18.6 Å². The van der Waals surface area contributed by atoms with Crippen LogP contribution in [-0.4, -0.2) is 42.5 Å². The van der Waals surface area contributed by atoms with E-state index in [9.17, 15) is 14.7 Å². The quantitative estimate of drug-likeness (QED) is 0.387. The summed E-state index contributed by atoms with van der Waals surface area (Å²) in [7, 11) is 0. The number of carbonyl (C=O) groups is 2. The summed E-state index contributed by atoms with van der Waals surface area (Å²) in [4.78, 5) is 24.3. The largest absolute Gasteiger partial charge is 0.494 e.